The average Bonchev–Trinajstić information content (AvgIpc) is 2.90. The Morgan fingerprint density at radius 3 is 2.23 bits per heavy atom. The molecule has 3 aromatic rings. The van der Waals surface area contributed by atoms with Crippen molar-refractivity contribution < 1.29 is 19.5 Å². The summed E-state index contributed by atoms with van der Waals surface area (Å²) in [7, 11) is 0. The van der Waals surface area contributed by atoms with Crippen LogP contribution < -0.4 is 21.9 Å². The molecule has 0 bridgehead atoms. The van der Waals surface area contributed by atoms with Gasteiger partial charge in [-0.05, 0) is 48.5 Å². The largest absolute Gasteiger partial charge is 0.480 e. The van der Waals surface area contributed by atoms with Gasteiger partial charge in [0.05, 0.1) is 10.9 Å². The van der Waals surface area contributed by atoms with E-state index in [4.69, 9.17) is 0 Å². The first-order valence-corrected chi connectivity index (χ1v) is 14.1. The number of hydrogen-bond acceptors (Lipinski definition) is 6. The van der Waals surface area contributed by atoms with Crippen LogP contribution in [-0.2, 0) is 20.8 Å². The third kappa shape index (κ3) is 7.82. The van der Waals surface area contributed by atoms with Crippen molar-refractivity contribution in [1.29, 1.82) is 0 Å². The highest BCUT2D eigenvalue weighted by Crippen LogP contribution is 2.15. The molecule has 4 N–H and O–H groups in total. The third-order valence-corrected chi connectivity index (χ3v) is 6.93. The first-order chi connectivity index (χ1) is 18.6. The molecule has 1 aromatic heterocycles. The number of H-pyrrole nitrogens is 1. The topological polar surface area (TPSA) is 150 Å². The minimum absolute atomic E-state index is 0.0186. The summed E-state index contributed by atoms with van der Waals surface area (Å²) in [6, 6.07) is 12.0. The Bertz CT molecular complexity index is 1420. The first kappa shape index (κ1) is 29.7. The van der Waals surface area contributed by atoms with Gasteiger partial charge in [-0.25, -0.2) is 14.2 Å². The van der Waals surface area contributed by atoms with Gasteiger partial charge in [-0.15, -0.1) is 0 Å². The highest BCUT2D eigenvalue weighted by atomic mass is 32.2. The highest BCUT2D eigenvalue weighted by molar-refractivity contribution is 7.98. The van der Waals surface area contributed by atoms with E-state index in [2.05, 4.69) is 15.6 Å². The fourth-order valence-corrected chi connectivity index (χ4v) is 4.81. The minimum atomic E-state index is -1.26. The summed E-state index contributed by atoms with van der Waals surface area (Å²) < 4.78 is 0.882. The van der Waals surface area contributed by atoms with E-state index in [1.54, 1.807) is 48.5 Å². The van der Waals surface area contributed by atoms with E-state index in [9.17, 15) is 29.1 Å². The Morgan fingerprint density at radius 1 is 0.949 bits per heavy atom. The van der Waals surface area contributed by atoms with Crippen LogP contribution >= 0.6 is 11.8 Å². The molecule has 0 saturated carbocycles. The molecule has 10 nitrogen and oxygen atoms in total. The van der Waals surface area contributed by atoms with Gasteiger partial charge >= 0.3 is 11.7 Å². The summed E-state index contributed by atoms with van der Waals surface area (Å²) in [5, 5.41) is 15.0. The van der Waals surface area contributed by atoms with Crippen molar-refractivity contribution >= 4 is 40.4 Å². The molecular weight excluding hydrogens is 520 g/mol. The van der Waals surface area contributed by atoms with E-state index in [0.29, 0.717) is 16.8 Å². The Hall–Kier alpha value is -3.86. The second-order valence-corrected chi connectivity index (χ2v) is 10.7. The van der Waals surface area contributed by atoms with Crippen molar-refractivity contribution in [2.24, 2.45) is 5.92 Å². The number of carboxylic acid groups (broad SMARTS) is 1. The Labute approximate surface area is 230 Å². The predicted octanol–water partition coefficient (Wildman–Crippen LogP) is 2.33. The zero-order valence-electron chi connectivity index (χ0n) is 22.2. The maximum atomic E-state index is 13.8. The van der Waals surface area contributed by atoms with E-state index < -0.39 is 47.2 Å². The molecule has 1 heterocycles. The fraction of sp³-hybridized carbons (Fsp3) is 0.393. The number of carbonyl (C=O) groups is 3. The number of nitrogens with zero attached hydrogens (tertiary/aromatic N) is 1. The van der Waals surface area contributed by atoms with E-state index in [1.165, 1.54) is 11.8 Å². The third-order valence-electron chi connectivity index (χ3n) is 6.29. The molecule has 0 saturated heterocycles. The van der Waals surface area contributed by atoms with Gasteiger partial charge < -0.3 is 20.7 Å². The van der Waals surface area contributed by atoms with E-state index in [0.717, 1.165) is 4.57 Å². The van der Waals surface area contributed by atoms with Crippen LogP contribution in [0.5, 0.6) is 0 Å². The van der Waals surface area contributed by atoms with E-state index >= 15 is 0 Å². The number of aliphatic carboxylic acids is 1. The SMILES string of the molecule is CSCCC(NC(=O)C(CC(C)C)NC(=O)C(Cc1ccccc1)n1c(=O)[nH]c2ccccc2c1=O)C(=O)O. The zero-order chi connectivity index (χ0) is 28.5. The number of carboxylic acids is 1. The van der Waals surface area contributed by atoms with Gasteiger partial charge in [-0.1, -0.05) is 56.3 Å². The lowest BCUT2D eigenvalue weighted by molar-refractivity contribution is -0.142. The molecule has 11 heteroatoms. The molecule has 0 radical (unpaired) electrons. The van der Waals surface area contributed by atoms with Crippen molar-refractivity contribution in [2.45, 2.75) is 51.2 Å². The number of aromatic nitrogens is 2. The first-order valence-electron chi connectivity index (χ1n) is 12.7. The summed E-state index contributed by atoms with van der Waals surface area (Å²) in [6.45, 7) is 3.74. The van der Waals surface area contributed by atoms with Gasteiger partial charge in [0.15, 0.2) is 0 Å². The van der Waals surface area contributed by atoms with Crippen molar-refractivity contribution in [3.8, 4) is 0 Å². The molecule has 0 fully saturated rings. The summed E-state index contributed by atoms with van der Waals surface area (Å²) in [5.74, 6) is -1.98. The van der Waals surface area contributed by atoms with Gasteiger partial charge in [0.2, 0.25) is 11.8 Å². The molecule has 3 unspecified atom stereocenters. The van der Waals surface area contributed by atoms with E-state index in [-0.39, 0.29) is 30.6 Å². The molecule has 0 aliphatic heterocycles. The standard InChI is InChI=1S/C28H34N4O6S/c1-17(2)15-22(24(33)29-21(27(36)37)13-14-39-3)30-25(34)23(16-18-9-5-4-6-10-18)32-26(35)19-11-7-8-12-20(19)31-28(32)38/h4-12,17,21-23H,13-16H2,1-3H3,(H,29,33)(H,30,34)(H,31,38)(H,36,37). The normalized spacial score (nSPS) is 13.5. The van der Waals surface area contributed by atoms with Crippen LogP contribution in [0.25, 0.3) is 10.9 Å². The highest BCUT2D eigenvalue weighted by Gasteiger charge is 2.31. The van der Waals surface area contributed by atoms with Crippen LogP contribution in [0.15, 0.2) is 64.2 Å². The lowest BCUT2D eigenvalue weighted by Gasteiger charge is -2.26. The summed E-state index contributed by atoms with van der Waals surface area (Å²) in [6.07, 6.45) is 2.32. The number of para-hydroxylation sites is 1. The number of rotatable bonds is 13. The smallest absolute Gasteiger partial charge is 0.329 e. The number of benzene rings is 2. The maximum absolute atomic E-state index is 13.8. The average molecular weight is 555 g/mol. The number of thioether (sulfide) groups is 1. The van der Waals surface area contributed by atoms with Crippen molar-refractivity contribution in [3.63, 3.8) is 0 Å². The molecule has 39 heavy (non-hydrogen) atoms. The molecule has 2 aromatic carbocycles. The number of fused-ring (bicyclic) bond motifs is 1. The van der Waals surface area contributed by atoms with Gasteiger partial charge in [0, 0.05) is 6.42 Å². The van der Waals surface area contributed by atoms with Crippen LogP contribution in [0.3, 0.4) is 0 Å². The van der Waals surface area contributed by atoms with Crippen LogP contribution in [0.1, 0.15) is 38.3 Å². The lowest BCUT2D eigenvalue weighted by Crippen LogP contribution is -2.54. The molecule has 0 aliphatic carbocycles. The van der Waals surface area contributed by atoms with Gasteiger partial charge in [-0.2, -0.15) is 11.8 Å². The van der Waals surface area contributed by atoms with E-state index in [1.807, 2.05) is 26.2 Å². The second kappa shape index (κ2) is 13.8. The monoisotopic (exact) mass is 554 g/mol. The molecule has 0 spiro atoms. The van der Waals surface area contributed by atoms with Gasteiger partial charge in [-0.3, -0.25) is 14.4 Å². The zero-order valence-corrected chi connectivity index (χ0v) is 23.0. The summed E-state index contributed by atoms with van der Waals surface area (Å²) in [4.78, 5) is 67.8. The van der Waals surface area contributed by atoms with Gasteiger partial charge in [0.1, 0.15) is 18.1 Å². The quantitative estimate of drug-likeness (QED) is 0.253. The summed E-state index contributed by atoms with van der Waals surface area (Å²) >= 11 is 1.46. The molecule has 3 rings (SSSR count). The van der Waals surface area contributed by atoms with Crippen LogP contribution in [0.4, 0.5) is 0 Å². The minimum Gasteiger partial charge on any atom is -0.480 e. The van der Waals surface area contributed by atoms with Crippen LogP contribution in [0.2, 0.25) is 0 Å². The molecule has 208 valence electrons. The predicted molar refractivity (Wildman–Crippen MR) is 152 cm³/mol. The Morgan fingerprint density at radius 2 is 1.59 bits per heavy atom. The van der Waals surface area contributed by atoms with Crippen molar-refractivity contribution in [1.82, 2.24) is 20.2 Å². The van der Waals surface area contributed by atoms with Crippen molar-refractivity contribution in [2.75, 3.05) is 12.0 Å². The number of hydrogen-bond donors (Lipinski definition) is 4. The molecular formula is C28H34N4O6S. The number of nitrogens with one attached hydrogen (secondary N) is 3. The maximum Gasteiger partial charge on any atom is 0.329 e. The molecule has 0 aliphatic rings. The number of aromatic amines is 1. The molecule has 3 atom stereocenters. The Kier molecular flexibility index (Phi) is 10.5. The second-order valence-electron chi connectivity index (χ2n) is 9.73. The summed E-state index contributed by atoms with van der Waals surface area (Å²) in [5.41, 5.74) is -0.310. The number of amides is 2. The molecule has 2 amide bonds. The number of carbonyl (C=O) groups excluding carboxylic acids is 2. The van der Waals surface area contributed by atoms with Crippen molar-refractivity contribution in [3.05, 3.63) is 81.0 Å². The van der Waals surface area contributed by atoms with Crippen LogP contribution in [0, 0.1) is 5.92 Å². The fourth-order valence-electron chi connectivity index (χ4n) is 4.33. The van der Waals surface area contributed by atoms with Crippen LogP contribution in [-0.4, -0.2) is 56.5 Å². The van der Waals surface area contributed by atoms with Gasteiger partial charge in [0.25, 0.3) is 5.56 Å². The lowest BCUT2D eigenvalue weighted by atomic mass is 10.0. The Balaban J connectivity index is 1.99.